The summed E-state index contributed by atoms with van der Waals surface area (Å²) in [4.78, 5) is 4.31. The van der Waals surface area contributed by atoms with E-state index in [2.05, 4.69) is 45.3 Å². The lowest BCUT2D eigenvalue weighted by Gasteiger charge is -2.09. The topological polar surface area (TPSA) is 24.9 Å². The van der Waals surface area contributed by atoms with Gasteiger partial charge in [-0.15, -0.1) is 11.3 Å². The first kappa shape index (κ1) is 11.9. The number of hydrogen-bond acceptors (Lipinski definition) is 3. The number of hydrogen-bond donors (Lipinski definition) is 1. The highest BCUT2D eigenvalue weighted by atomic mass is 79.9. The maximum atomic E-state index is 4.31. The third-order valence-electron chi connectivity index (χ3n) is 1.86. The smallest absolute Gasteiger partial charge is 0.110 e. The summed E-state index contributed by atoms with van der Waals surface area (Å²) in [6.07, 6.45) is 7.17. The first-order valence-corrected chi connectivity index (χ1v) is 6.30. The lowest BCUT2D eigenvalue weighted by atomic mass is 10.3. The van der Waals surface area contributed by atoms with Crippen LogP contribution in [0.2, 0.25) is 0 Å². The Balaban J connectivity index is 2.31. The number of thiazole rings is 1. The van der Waals surface area contributed by atoms with Crippen molar-refractivity contribution in [2.24, 2.45) is 0 Å². The van der Waals surface area contributed by atoms with Gasteiger partial charge < -0.3 is 5.32 Å². The summed E-state index contributed by atoms with van der Waals surface area (Å²) in [5.41, 5.74) is 0. The maximum Gasteiger partial charge on any atom is 0.110 e. The quantitative estimate of drug-likeness (QED) is 0.657. The van der Waals surface area contributed by atoms with Crippen molar-refractivity contribution >= 4 is 27.3 Å². The summed E-state index contributed by atoms with van der Waals surface area (Å²) in [5, 5.41) is 4.56. The van der Waals surface area contributed by atoms with Gasteiger partial charge in [0, 0.05) is 0 Å². The predicted molar refractivity (Wildman–Crippen MR) is 65.7 cm³/mol. The van der Waals surface area contributed by atoms with Crippen molar-refractivity contribution in [1.29, 1.82) is 0 Å². The number of rotatable bonds is 5. The Morgan fingerprint density at radius 2 is 2.50 bits per heavy atom. The Morgan fingerprint density at radius 1 is 1.71 bits per heavy atom. The molecule has 0 saturated heterocycles. The molecule has 1 aromatic rings. The Bertz CT molecular complexity index is 296. The van der Waals surface area contributed by atoms with E-state index in [1.807, 2.05) is 13.1 Å². The molecule has 1 aromatic heterocycles. The second kappa shape index (κ2) is 6.32. The Morgan fingerprint density at radius 3 is 3.07 bits per heavy atom. The van der Waals surface area contributed by atoms with E-state index in [1.165, 1.54) is 0 Å². The largest absolute Gasteiger partial charge is 0.308 e. The fourth-order valence-corrected chi connectivity index (χ4v) is 2.37. The van der Waals surface area contributed by atoms with E-state index in [-0.39, 0.29) is 0 Å². The molecule has 1 unspecified atom stereocenters. The molecule has 0 bridgehead atoms. The van der Waals surface area contributed by atoms with Gasteiger partial charge in [0.1, 0.15) is 5.01 Å². The molecule has 0 saturated carbocycles. The van der Waals surface area contributed by atoms with E-state index in [0.717, 1.165) is 21.8 Å². The zero-order valence-corrected chi connectivity index (χ0v) is 10.9. The SMILES string of the molecule is C/C=C/CCNC(C)c1ncc(Br)s1. The van der Waals surface area contributed by atoms with Crippen LogP contribution >= 0.6 is 27.3 Å². The second-order valence-corrected chi connectivity index (χ2v) is 5.48. The van der Waals surface area contributed by atoms with Gasteiger partial charge in [0.05, 0.1) is 16.0 Å². The monoisotopic (exact) mass is 274 g/mol. The minimum atomic E-state index is 0.344. The first-order valence-electron chi connectivity index (χ1n) is 4.69. The van der Waals surface area contributed by atoms with Crippen LogP contribution in [0.5, 0.6) is 0 Å². The normalized spacial score (nSPS) is 13.6. The minimum absolute atomic E-state index is 0.344. The summed E-state index contributed by atoms with van der Waals surface area (Å²) in [5.74, 6) is 0. The van der Waals surface area contributed by atoms with Crippen molar-refractivity contribution in [3.8, 4) is 0 Å². The predicted octanol–water partition coefficient (Wildman–Crippen LogP) is 3.52. The minimum Gasteiger partial charge on any atom is -0.308 e. The van der Waals surface area contributed by atoms with Crippen LogP contribution in [0.1, 0.15) is 31.3 Å². The van der Waals surface area contributed by atoms with Crippen molar-refractivity contribution in [3.63, 3.8) is 0 Å². The molecular formula is C10H15BrN2S. The molecule has 1 N–H and O–H groups in total. The number of halogens is 1. The van der Waals surface area contributed by atoms with Crippen LogP contribution in [0.25, 0.3) is 0 Å². The van der Waals surface area contributed by atoms with Crippen LogP contribution < -0.4 is 5.32 Å². The zero-order valence-electron chi connectivity index (χ0n) is 8.46. The average Bonchev–Trinajstić information content (AvgIpc) is 2.59. The molecular weight excluding hydrogens is 260 g/mol. The van der Waals surface area contributed by atoms with Gasteiger partial charge in [-0.3, -0.25) is 0 Å². The molecule has 1 heterocycles. The Hall–Kier alpha value is -0.190. The summed E-state index contributed by atoms with van der Waals surface area (Å²) in [6, 6.07) is 0.344. The molecule has 0 aliphatic heterocycles. The van der Waals surface area contributed by atoms with Gasteiger partial charge in [-0.25, -0.2) is 4.98 Å². The van der Waals surface area contributed by atoms with Gasteiger partial charge >= 0.3 is 0 Å². The lowest BCUT2D eigenvalue weighted by molar-refractivity contribution is 0.578. The Kier molecular flexibility index (Phi) is 5.37. The molecule has 0 aliphatic rings. The molecule has 0 radical (unpaired) electrons. The third-order valence-corrected chi connectivity index (χ3v) is 3.52. The fourth-order valence-electron chi connectivity index (χ4n) is 1.10. The molecule has 2 nitrogen and oxygen atoms in total. The Labute approximate surface area is 97.6 Å². The van der Waals surface area contributed by atoms with Crippen molar-refractivity contribution < 1.29 is 0 Å². The van der Waals surface area contributed by atoms with Crippen molar-refractivity contribution in [3.05, 3.63) is 27.1 Å². The fraction of sp³-hybridized carbons (Fsp3) is 0.500. The van der Waals surface area contributed by atoms with Crippen LogP contribution in [-0.2, 0) is 0 Å². The number of nitrogens with one attached hydrogen (secondary N) is 1. The van der Waals surface area contributed by atoms with Crippen LogP contribution in [0.15, 0.2) is 22.1 Å². The van der Waals surface area contributed by atoms with Crippen molar-refractivity contribution in [1.82, 2.24) is 10.3 Å². The first-order chi connectivity index (χ1) is 6.74. The summed E-state index contributed by atoms with van der Waals surface area (Å²) in [6.45, 7) is 5.19. The number of aromatic nitrogens is 1. The number of nitrogens with zero attached hydrogens (tertiary/aromatic N) is 1. The summed E-state index contributed by atoms with van der Waals surface area (Å²) >= 11 is 5.10. The molecule has 1 atom stereocenters. The van der Waals surface area contributed by atoms with Crippen LogP contribution in [0, 0.1) is 0 Å². The maximum absolute atomic E-state index is 4.31. The standard InChI is InChI=1S/C10H15BrN2S/c1-3-4-5-6-12-8(2)10-13-7-9(11)14-10/h3-4,7-8,12H,5-6H2,1-2H3/b4-3+. The molecule has 0 amide bonds. The van der Waals surface area contributed by atoms with Crippen molar-refractivity contribution in [2.75, 3.05) is 6.54 Å². The molecule has 4 heteroatoms. The van der Waals surface area contributed by atoms with Crippen molar-refractivity contribution in [2.45, 2.75) is 26.3 Å². The van der Waals surface area contributed by atoms with Crippen LogP contribution in [-0.4, -0.2) is 11.5 Å². The molecule has 0 spiro atoms. The average molecular weight is 275 g/mol. The van der Waals surface area contributed by atoms with Gasteiger partial charge in [0.15, 0.2) is 0 Å². The van der Waals surface area contributed by atoms with Gasteiger partial charge in [0.2, 0.25) is 0 Å². The van der Waals surface area contributed by atoms with Crippen LogP contribution in [0.3, 0.4) is 0 Å². The summed E-state index contributed by atoms with van der Waals surface area (Å²) in [7, 11) is 0. The molecule has 0 aromatic carbocycles. The molecule has 78 valence electrons. The molecule has 1 rings (SSSR count). The van der Waals surface area contributed by atoms with Crippen LogP contribution in [0.4, 0.5) is 0 Å². The summed E-state index contributed by atoms with van der Waals surface area (Å²) < 4.78 is 1.09. The molecule has 0 fully saturated rings. The van der Waals surface area contributed by atoms with Gasteiger partial charge in [-0.1, -0.05) is 12.2 Å². The van der Waals surface area contributed by atoms with E-state index >= 15 is 0 Å². The van der Waals surface area contributed by atoms with Gasteiger partial charge in [-0.2, -0.15) is 0 Å². The van der Waals surface area contributed by atoms with Gasteiger partial charge in [-0.05, 0) is 42.7 Å². The van der Waals surface area contributed by atoms with E-state index in [0.29, 0.717) is 6.04 Å². The molecule has 14 heavy (non-hydrogen) atoms. The lowest BCUT2D eigenvalue weighted by Crippen LogP contribution is -2.19. The highest BCUT2D eigenvalue weighted by molar-refractivity contribution is 9.11. The second-order valence-electron chi connectivity index (χ2n) is 3.04. The zero-order chi connectivity index (χ0) is 10.4. The van der Waals surface area contributed by atoms with E-state index in [4.69, 9.17) is 0 Å². The van der Waals surface area contributed by atoms with E-state index in [9.17, 15) is 0 Å². The highest BCUT2D eigenvalue weighted by Gasteiger charge is 2.07. The van der Waals surface area contributed by atoms with E-state index < -0.39 is 0 Å². The third kappa shape index (κ3) is 3.90. The van der Waals surface area contributed by atoms with Gasteiger partial charge in [0.25, 0.3) is 0 Å². The highest BCUT2D eigenvalue weighted by Crippen LogP contribution is 2.23. The number of allylic oxidation sites excluding steroid dienone is 1. The van der Waals surface area contributed by atoms with E-state index in [1.54, 1.807) is 11.3 Å². The molecule has 0 aliphatic carbocycles.